The molecule has 0 aromatic heterocycles. The quantitative estimate of drug-likeness (QED) is 0.597. The molecule has 1 aromatic carbocycles. The van der Waals surface area contributed by atoms with Gasteiger partial charge in [-0.05, 0) is 38.7 Å². The predicted octanol–water partition coefficient (Wildman–Crippen LogP) is 0.896. The number of nitrogens with two attached hydrogens (primary N) is 2. The minimum absolute atomic E-state index is 0.239. The normalized spacial score (nSPS) is 13.3. The number of ether oxygens (including phenoxy) is 1. The number of carbonyl (C=O) groups is 1. The second-order valence-electron chi connectivity index (χ2n) is 5.25. The molecule has 0 spiro atoms. The molecular weight excluding hydrogens is 280 g/mol. The van der Waals surface area contributed by atoms with Gasteiger partial charge in [0.05, 0.1) is 23.2 Å². The molecule has 0 amide bonds. The van der Waals surface area contributed by atoms with E-state index in [2.05, 4.69) is 0 Å². The van der Waals surface area contributed by atoms with Crippen LogP contribution in [-0.4, -0.2) is 38.1 Å². The Hall–Kier alpha value is -2.36. The number of allylic oxidation sites excluding steroid dienone is 1. The van der Waals surface area contributed by atoms with Crippen molar-refractivity contribution < 1.29 is 9.53 Å². The van der Waals surface area contributed by atoms with Gasteiger partial charge in [0.1, 0.15) is 6.61 Å². The summed E-state index contributed by atoms with van der Waals surface area (Å²) in [5.74, 6) is -0.515. The molecule has 0 fully saturated rings. The Morgan fingerprint density at radius 2 is 1.95 bits per heavy atom. The Labute approximate surface area is 130 Å². The Morgan fingerprint density at radius 3 is 2.41 bits per heavy atom. The molecule has 0 aliphatic carbocycles. The first kappa shape index (κ1) is 17.7. The highest BCUT2D eigenvalue weighted by molar-refractivity contribution is 5.90. The van der Waals surface area contributed by atoms with Crippen molar-refractivity contribution in [2.75, 3.05) is 27.2 Å². The van der Waals surface area contributed by atoms with Crippen molar-refractivity contribution >= 4 is 5.97 Å². The molecule has 1 rings (SSSR count). The van der Waals surface area contributed by atoms with Crippen molar-refractivity contribution in [3.63, 3.8) is 0 Å². The van der Waals surface area contributed by atoms with Gasteiger partial charge in [0, 0.05) is 12.2 Å². The summed E-state index contributed by atoms with van der Waals surface area (Å²) in [6.45, 7) is 2.50. The van der Waals surface area contributed by atoms with E-state index in [1.807, 2.05) is 25.1 Å². The van der Waals surface area contributed by atoms with Crippen molar-refractivity contribution in [3.05, 3.63) is 46.7 Å². The number of hydrogen-bond acceptors (Lipinski definition) is 6. The molecule has 0 heterocycles. The Balaban J connectivity index is 2.88. The van der Waals surface area contributed by atoms with Crippen LogP contribution in [0, 0.1) is 11.3 Å². The Kier molecular flexibility index (Phi) is 6.57. The van der Waals surface area contributed by atoms with Crippen LogP contribution >= 0.6 is 0 Å². The number of hydrogen-bond donors (Lipinski definition) is 2. The van der Waals surface area contributed by atoms with Gasteiger partial charge in [0.25, 0.3) is 0 Å². The lowest BCUT2D eigenvalue weighted by atomic mass is 9.97. The van der Waals surface area contributed by atoms with Crippen molar-refractivity contribution in [1.29, 1.82) is 5.26 Å². The highest BCUT2D eigenvalue weighted by atomic mass is 16.5. The lowest BCUT2D eigenvalue weighted by Crippen LogP contribution is -2.27. The zero-order valence-electron chi connectivity index (χ0n) is 13.2. The first-order valence-electron chi connectivity index (χ1n) is 6.90. The van der Waals surface area contributed by atoms with Gasteiger partial charge in [-0.1, -0.05) is 12.1 Å². The van der Waals surface area contributed by atoms with E-state index in [4.69, 9.17) is 21.5 Å². The summed E-state index contributed by atoms with van der Waals surface area (Å²) in [5, 5.41) is 8.81. The first-order valence-corrected chi connectivity index (χ1v) is 6.90. The zero-order chi connectivity index (χ0) is 16.7. The average Bonchev–Trinajstić information content (AvgIpc) is 2.46. The maximum atomic E-state index is 12.2. The first-order chi connectivity index (χ1) is 10.4. The second-order valence-corrected chi connectivity index (χ2v) is 5.25. The van der Waals surface area contributed by atoms with Crippen molar-refractivity contribution in [2.45, 2.75) is 13.0 Å². The van der Waals surface area contributed by atoms with Gasteiger partial charge in [0.15, 0.2) is 0 Å². The van der Waals surface area contributed by atoms with Gasteiger partial charge in [-0.15, -0.1) is 0 Å². The molecule has 0 bridgehead atoms. The topological polar surface area (TPSA) is 105 Å². The zero-order valence-corrected chi connectivity index (χ0v) is 13.2. The average molecular weight is 302 g/mol. The summed E-state index contributed by atoms with van der Waals surface area (Å²) >= 11 is 0. The largest absolute Gasteiger partial charge is 0.461 e. The molecule has 4 N–H and O–H groups in total. The van der Waals surface area contributed by atoms with Gasteiger partial charge in [0.2, 0.25) is 0 Å². The number of nitriles is 1. The smallest absolute Gasteiger partial charge is 0.337 e. The van der Waals surface area contributed by atoms with Crippen LogP contribution in [0.4, 0.5) is 0 Å². The Bertz CT molecular complexity index is 581. The van der Waals surface area contributed by atoms with E-state index in [1.165, 1.54) is 0 Å². The Morgan fingerprint density at radius 1 is 1.36 bits per heavy atom. The molecule has 118 valence electrons. The number of likely N-dealkylation sites (N-methyl/N-ethyl adjacent to an activating group) is 1. The summed E-state index contributed by atoms with van der Waals surface area (Å²) < 4.78 is 5.21. The monoisotopic (exact) mass is 302 g/mol. The van der Waals surface area contributed by atoms with Gasteiger partial charge in [-0.25, -0.2) is 4.79 Å². The highest BCUT2D eigenvalue weighted by Gasteiger charge is 2.22. The molecule has 0 aliphatic heterocycles. The number of nitrogens with zero attached hydrogens (tertiary/aromatic N) is 2. The van der Waals surface area contributed by atoms with Crippen LogP contribution in [0.3, 0.4) is 0 Å². The summed E-state index contributed by atoms with van der Waals surface area (Å²) in [4.78, 5) is 14.1. The van der Waals surface area contributed by atoms with E-state index in [-0.39, 0.29) is 12.2 Å². The highest BCUT2D eigenvalue weighted by Crippen LogP contribution is 2.22. The van der Waals surface area contributed by atoms with E-state index < -0.39 is 12.0 Å². The van der Waals surface area contributed by atoms with E-state index in [9.17, 15) is 4.79 Å². The van der Waals surface area contributed by atoms with Crippen molar-refractivity contribution in [1.82, 2.24) is 4.90 Å². The SMILES string of the molecule is C/C(N)=C(\C(=O)OCCN(C)C)[C@H](N)c1ccc(C#N)cc1. The van der Waals surface area contributed by atoms with E-state index >= 15 is 0 Å². The predicted molar refractivity (Wildman–Crippen MR) is 84.5 cm³/mol. The summed E-state index contributed by atoms with van der Waals surface area (Å²) in [6, 6.07) is 8.06. The number of esters is 1. The number of rotatable bonds is 6. The van der Waals surface area contributed by atoms with Crippen molar-refractivity contribution in [3.8, 4) is 6.07 Å². The van der Waals surface area contributed by atoms with Crippen LogP contribution in [0.2, 0.25) is 0 Å². The summed E-state index contributed by atoms with van der Waals surface area (Å²) in [5.41, 5.74) is 13.7. The van der Waals surface area contributed by atoms with Gasteiger partial charge >= 0.3 is 5.97 Å². The van der Waals surface area contributed by atoms with Crippen LogP contribution in [0.5, 0.6) is 0 Å². The third kappa shape index (κ3) is 4.88. The van der Waals surface area contributed by atoms with Crippen LogP contribution in [-0.2, 0) is 9.53 Å². The van der Waals surface area contributed by atoms with Gasteiger partial charge < -0.3 is 21.1 Å². The molecule has 0 saturated carbocycles. The van der Waals surface area contributed by atoms with E-state index in [0.717, 1.165) is 0 Å². The molecule has 1 atom stereocenters. The molecule has 22 heavy (non-hydrogen) atoms. The molecule has 1 aromatic rings. The van der Waals surface area contributed by atoms with E-state index in [1.54, 1.807) is 31.2 Å². The molecule has 0 radical (unpaired) electrons. The lowest BCUT2D eigenvalue weighted by Gasteiger charge is -2.18. The summed E-state index contributed by atoms with van der Waals surface area (Å²) in [7, 11) is 3.78. The molecule has 6 nitrogen and oxygen atoms in total. The summed E-state index contributed by atoms with van der Waals surface area (Å²) in [6.07, 6.45) is 0. The fraction of sp³-hybridized carbons (Fsp3) is 0.375. The number of carbonyl (C=O) groups excluding carboxylic acids is 1. The van der Waals surface area contributed by atoms with Crippen LogP contribution in [0.15, 0.2) is 35.5 Å². The fourth-order valence-electron chi connectivity index (χ4n) is 1.86. The van der Waals surface area contributed by atoms with E-state index in [0.29, 0.717) is 23.4 Å². The molecule has 6 heteroatoms. The molecule has 0 aliphatic rings. The standard InChI is InChI=1S/C16H22N4O2/c1-11(18)14(16(21)22-9-8-20(2)3)15(19)13-6-4-12(10-17)5-7-13/h4-7,15H,8-9,18-19H2,1-3H3/b14-11+/t15-/m1/s1. The minimum Gasteiger partial charge on any atom is -0.461 e. The third-order valence-corrected chi connectivity index (χ3v) is 3.13. The van der Waals surface area contributed by atoms with Gasteiger partial charge in [-0.3, -0.25) is 0 Å². The lowest BCUT2D eigenvalue weighted by molar-refractivity contribution is -0.139. The molecular formula is C16H22N4O2. The van der Waals surface area contributed by atoms with Gasteiger partial charge in [-0.2, -0.15) is 5.26 Å². The fourth-order valence-corrected chi connectivity index (χ4v) is 1.86. The minimum atomic E-state index is -0.690. The molecule has 0 saturated heterocycles. The second kappa shape index (κ2) is 8.17. The van der Waals surface area contributed by atoms with Crippen LogP contribution in [0.25, 0.3) is 0 Å². The van der Waals surface area contributed by atoms with Crippen molar-refractivity contribution in [2.24, 2.45) is 11.5 Å². The molecule has 0 unspecified atom stereocenters. The third-order valence-electron chi connectivity index (χ3n) is 3.13. The maximum Gasteiger partial charge on any atom is 0.337 e. The van der Waals surface area contributed by atoms with Crippen LogP contribution in [0.1, 0.15) is 24.1 Å². The maximum absolute atomic E-state index is 12.2. The van der Waals surface area contributed by atoms with Crippen LogP contribution < -0.4 is 11.5 Å². The number of benzene rings is 1.